The Hall–Kier alpha value is -3.20. The lowest BCUT2D eigenvalue weighted by atomic mass is 9.89. The molecule has 0 aromatic heterocycles. The summed E-state index contributed by atoms with van der Waals surface area (Å²) in [6.07, 6.45) is 2.98. The molecule has 9 nitrogen and oxygen atoms in total. The van der Waals surface area contributed by atoms with Crippen LogP contribution in [0.2, 0.25) is 0 Å². The maximum atomic E-state index is 12.6. The topological polar surface area (TPSA) is 125 Å². The normalized spacial score (nSPS) is 25.9. The van der Waals surface area contributed by atoms with Gasteiger partial charge in [0.05, 0.1) is 11.2 Å². The van der Waals surface area contributed by atoms with Crippen LogP contribution in [0.4, 0.5) is 0 Å². The van der Waals surface area contributed by atoms with E-state index in [-0.39, 0.29) is 36.4 Å². The molecule has 0 aromatic rings. The number of carbonyl (C=O) groups is 4. The van der Waals surface area contributed by atoms with Crippen molar-refractivity contribution >= 4 is 23.9 Å². The highest BCUT2D eigenvalue weighted by atomic mass is 16.6. The minimum Gasteiger partial charge on any atom is -0.461 e. The quantitative estimate of drug-likeness (QED) is 0.284. The summed E-state index contributed by atoms with van der Waals surface area (Å²) in [5.74, 6) is -2.49. The molecule has 0 saturated carbocycles. The molecule has 9 heteroatoms. The van der Waals surface area contributed by atoms with Crippen LogP contribution >= 0.6 is 0 Å². The maximum absolute atomic E-state index is 12.6. The molecule has 0 radical (unpaired) electrons. The van der Waals surface area contributed by atoms with Gasteiger partial charge < -0.3 is 24.1 Å². The van der Waals surface area contributed by atoms with Gasteiger partial charge in [0, 0.05) is 37.8 Å². The zero-order valence-corrected chi connectivity index (χ0v) is 19.7. The van der Waals surface area contributed by atoms with Crippen LogP contribution in [0.15, 0.2) is 46.3 Å². The van der Waals surface area contributed by atoms with Crippen molar-refractivity contribution in [3.8, 4) is 0 Å². The highest BCUT2D eigenvalue weighted by Gasteiger charge is 2.40. The average Bonchev–Trinajstić information content (AvgIpc) is 2.97. The standard InChI is InChI=1S/C24H30O9/c1-7-14(3)22(27)32-19-9-13(2)8-17(31-16(5)26)10-24(6,29)11-20-21(19)18(23(28)33-20)12-30-15(4)25/h7-8,11,17,19,29H,9-10,12H2,1-6H3. The second kappa shape index (κ2) is 10.6. The predicted molar refractivity (Wildman–Crippen MR) is 116 cm³/mol. The van der Waals surface area contributed by atoms with Gasteiger partial charge in [-0.1, -0.05) is 11.6 Å². The molecule has 0 spiro atoms. The van der Waals surface area contributed by atoms with Crippen LogP contribution in [0.25, 0.3) is 0 Å². The zero-order valence-electron chi connectivity index (χ0n) is 19.7. The molecule has 180 valence electrons. The van der Waals surface area contributed by atoms with Gasteiger partial charge in [0.25, 0.3) is 0 Å². The minimum absolute atomic E-state index is 0.000333. The summed E-state index contributed by atoms with van der Waals surface area (Å²) in [5, 5.41) is 11.0. The molecule has 33 heavy (non-hydrogen) atoms. The van der Waals surface area contributed by atoms with Crippen molar-refractivity contribution in [2.45, 2.75) is 72.2 Å². The summed E-state index contributed by atoms with van der Waals surface area (Å²) < 4.78 is 21.5. The molecule has 1 aliphatic heterocycles. The zero-order chi connectivity index (χ0) is 24.9. The fraction of sp³-hybridized carbons (Fsp3) is 0.500. The van der Waals surface area contributed by atoms with E-state index in [9.17, 15) is 24.3 Å². The van der Waals surface area contributed by atoms with Crippen molar-refractivity contribution in [1.82, 2.24) is 0 Å². The third-order valence-corrected chi connectivity index (χ3v) is 5.14. The Morgan fingerprint density at radius 2 is 1.88 bits per heavy atom. The molecule has 2 rings (SSSR count). The van der Waals surface area contributed by atoms with E-state index in [1.54, 1.807) is 32.9 Å². The molecular formula is C24H30O9. The van der Waals surface area contributed by atoms with Gasteiger partial charge in [-0.05, 0) is 39.8 Å². The summed E-state index contributed by atoms with van der Waals surface area (Å²) in [5.41, 5.74) is -0.269. The van der Waals surface area contributed by atoms with Crippen LogP contribution < -0.4 is 0 Å². The Morgan fingerprint density at radius 1 is 1.21 bits per heavy atom. The summed E-state index contributed by atoms with van der Waals surface area (Å²) in [6.45, 7) is 8.60. The first-order valence-corrected chi connectivity index (χ1v) is 10.6. The smallest absolute Gasteiger partial charge is 0.343 e. The first kappa shape index (κ1) is 26.1. The van der Waals surface area contributed by atoms with E-state index in [1.165, 1.54) is 26.8 Å². The fourth-order valence-corrected chi connectivity index (χ4v) is 3.56. The first-order chi connectivity index (χ1) is 15.3. The van der Waals surface area contributed by atoms with E-state index in [2.05, 4.69) is 0 Å². The second-order valence-corrected chi connectivity index (χ2v) is 8.36. The Kier molecular flexibility index (Phi) is 8.38. The summed E-state index contributed by atoms with van der Waals surface area (Å²) >= 11 is 0. The van der Waals surface area contributed by atoms with E-state index in [1.807, 2.05) is 0 Å². The van der Waals surface area contributed by atoms with Gasteiger partial charge >= 0.3 is 23.9 Å². The summed E-state index contributed by atoms with van der Waals surface area (Å²) in [6, 6.07) is 0. The summed E-state index contributed by atoms with van der Waals surface area (Å²) in [7, 11) is 0. The number of hydrogen-bond donors (Lipinski definition) is 1. The third-order valence-electron chi connectivity index (χ3n) is 5.14. The van der Waals surface area contributed by atoms with Gasteiger partial charge in [-0.25, -0.2) is 9.59 Å². The van der Waals surface area contributed by atoms with Gasteiger partial charge in [0.1, 0.15) is 24.6 Å². The molecule has 2 aliphatic rings. The molecule has 1 aliphatic carbocycles. The summed E-state index contributed by atoms with van der Waals surface area (Å²) in [4.78, 5) is 48.2. The number of hydrogen-bond acceptors (Lipinski definition) is 9. The Bertz CT molecular complexity index is 962. The van der Waals surface area contributed by atoms with Crippen LogP contribution in [0.5, 0.6) is 0 Å². The lowest BCUT2D eigenvalue weighted by Gasteiger charge is -2.28. The van der Waals surface area contributed by atoms with Crippen molar-refractivity contribution in [2.24, 2.45) is 0 Å². The van der Waals surface area contributed by atoms with E-state index in [4.69, 9.17) is 18.9 Å². The van der Waals surface area contributed by atoms with E-state index < -0.39 is 41.7 Å². The van der Waals surface area contributed by atoms with Gasteiger partial charge in [0.15, 0.2) is 0 Å². The SMILES string of the molecule is CC=C(C)C(=O)OC1CC(C)=CC(OC(C)=O)CC(C)(O)C=C2OC(=O)C(COC(C)=O)=C21. The lowest BCUT2D eigenvalue weighted by molar-refractivity contribution is -0.146. The molecule has 0 fully saturated rings. The number of rotatable bonds is 5. The highest BCUT2D eigenvalue weighted by molar-refractivity contribution is 5.96. The van der Waals surface area contributed by atoms with E-state index >= 15 is 0 Å². The third kappa shape index (κ3) is 7.15. The number of fused-ring (bicyclic) bond motifs is 1. The number of ether oxygens (including phenoxy) is 4. The van der Waals surface area contributed by atoms with Crippen molar-refractivity contribution < 1.29 is 43.2 Å². The molecule has 1 heterocycles. The fourth-order valence-electron chi connectivity index (χ4n) is 3.56. The number of carbonyl (C=O) groups excluding carboxylic acids is 4. The molecule has 3 unspecified atom stereocenters. The van der Waals surface area contributed by atoms with Gasteiger partial charge in [-0.15, -0.1) is 0 Å². The molecule has 3 atom stereocenters. The van der Waals surface area contributed by atoms with Crippen molar-refractivity contribution in [2.75, 3.05) is 6.61 Å². The highest BCUT2D eigenvalue weighted by Crippen LogP contribution is 2.37. The molecular weight excluding hydrogens is 432 g/mol. The van der Waals surface area contributed by atoms with Gasteiger partial charge in [0.2, 0.25) is 0 Å². The van der Waals surface area contributed by atoms with Crippen LogP contribution in [-0.2, 0) is 38.1 Å². The van der Waals surface area contributed by atoms with Crippen LogP contribution in [-0.4, -0.2) is 53.4 Å². The molecule has 1 N–H and O–H groups in total. The minimum atomic E-state index is -1.56. The maximum Gasteiger partial charge on any atom is 0.343 e. The lowest BCUT2D eigenvalue weighted by Crippen LogP contribution is -2.32. The molecule has 0 saturated heterocycles. The average molecular weight is 462 g/mol. The van der Waals surface area contributed by atoms with Crippen molar-refractivity contribution in [3.63, 3.8) is 0 Å². The number of allylic oxidation sites excluding steroid dienone is 1. The van der Waals surface area contributed by atoms with Gasteiger partial charge in [-0.2, -0.15) is 0 Å². The number of esters is 4. The number of aliphatic hydroxyl groups is 1. The Labute approximate surface area is 192 Å². The second-order valence-electron chi connectivity index (χ2n) is 8.36. The van der Waals surface area contributed by atoms with Crippen LogP contribution in [0.3, 0.4) is 0 Å². The predicted octanol–water partition coefficient (Wildman–Crippen LogP) is 2.59. The van der Waals surface area contributed by atoms with Crippen molar-refractivity contribution in [1.29, 1.82) is 0 Å². The van der Waals surface area contributed by atoms with Crippen LogP contribution in [0, 0.1) is 0 Å². The molecule has 0 aromatic carbocycles. The van der Waals surface area contributed by atoms with Gasteiger partial charge in [-0.3, -0.25) is 9.59 Å². The Morgan fingerprint density at radius 3 is 2.45 bits per heavy atom. The molecule has 0 amide bonds. The van der Waals surface area contributed by atoms with E-state index in [0.29, 0.717) is 11.1 Å². The monoisotopic (exact) mass is 462 g/mol. The van der Waals surface area contributed by atoms with E-state index in [0.717, 1.165) is 0 Å². The largest absolute Gasteiger partial charge is 0.461 e. The molecule has 0 bridgehead atoms. The Balaban J connectivity index is 2.65. The first-order valence-electron chi connectivity index (χ1n) is 10.6. The van der Waals surface area contributed by atoms with Crippen molar-refractivity contribution in [3.05, 3.63) is 46.3 Å². The van der Waals surface area contributed by atoms with Crippen LogP contribution in [0.1, 0.15) is 54.4 Å².